The SMILES string of the molecule is Cc1cnn(CCCN2C[C@H]3CC[C@@H](C2)N(Cc2c(C)noc2C)C3=O)c1. The van der Waals surface area contributed by atoms with E-state index in [9.17, 15) is 4.79 Å². The van der Waals surface area contributed by atoms with Crippen molar-refractivity contribution in [3.8, 4) is 0 Å². The van der Waals surface area contributed by atoms with Crippen LogP contribution in [0.5, 0.6) is 0 Å². The summed E-state index contributed by atoms with van der Waals surface area (Å²) in [6.45, 7) is 10.4. The fourth-order valence-electron chi connectivity index (χ4n) is 4.46. The number of carbonyl (C=O) groups excluding carboxylic acids is 1. The van der Waals surface area contributed by atoms with E-state index >= 15 is 0 Å². The maximum atomic E-state index is 13.0. The van der Waals surface area contributed by atoms with Crippen molar-refractivity contribution in [1.29, 1.82) is 0 Å². The first-order chi connectivity index (χ1) is 13.0. The van der Waals surface area contributed by atoms with Gasteiger partial charge in [-0.3, -0.25) is 9.48 Å². The van der Waals surface area contributed by atoms with Crippen molar-refractivity contribution in [3.63, 3.8) is 0 Å². The number of amides is 1. The molecule has 0 unspecified atom stereocenters. The Bertz CT molecular complexity index is 792. The second kappa shape index (κ2) is 7.46. The third kappa shape index (κ3) is 3.78. The molecule has 0 aliphatic carbocycles. The summed E-state index contributed by atoms with van der Waals surface area (Å²) in [5, 5.41) is 8.41. The minimum absolute atomic E-state index is 0.121. The van der Waals surface area contributed by atoms with Crippen molar-refractivity contribution in [3.05, 3.63) is 35.0 Å². The largest absolute Gasteiger partial charge is 0.361 e. The van der Waals surface area contributed by atoms with Gasteiger partial charge in [0.1, 0.15) is 5.76 Å². The van der Waals surface area contributed by atoms with Crippen LogP contribution >= 0.6 is 0 Å². The molecule has 2 atom stereocenters. The molecule has 5 heterocycles. The van der Waals surface area contributed by atoms with E-state index in [1.807, 2.05) is 24.7 Å². The molecule has 2 aromatic rings. The van der Waals surface area contributed by atoms with Gasteiger partial charge in [0.25, 0.3) is 0 Å². The Morgan fingerprint density at radius 1 is 1.19 bits per heavy atom. The topological polar surface area (TPSA) is 67.4 Å². The van der Waals surface area contributed by atoms with Gasteiger partial charge < -0.3 is 14.3 Å². The Hall–Kier alpha value is -2.15. The molecule has 0 spiro atoms. The summed E-state index contributed by atoms with van der Waals surface area (Å²) in [4.78, 5) is 17.6. The summed E-state index contributed by atoms with van der Waals surface area (Å²) in [7, 11) is 0. The van der Waals surface area contributed by atoms with E-state index in [1.165, 1.54) is 5.56 Å². The average molecular weight is 371 g/mol. The van der Waals surface area contributed by atoms with Crippen LogP contribution in [-0.4, -0.2) is 56.3 Å². The normalized spacial score (nSPS) is 23.2. The van der Waals surface area contributed by atoms with E-state index in [2.05, 4.69) is 33.2 Å². The summed E-state index contributed by atoms with van der Waals surface area (Å²) in [6.07, 6.45) is 7.14. The van der Waals surface area contributed by atoms with E-state index in [1.54, 1.807) is 0 Å². The maximum absolute atomic E-state index is 13.0. The fourth-order valence-corrected chi connectivity index (χ4v) is 4.46. The molecule has 0 saturated carbocycles. The Morgan fingerprint density at radius 2 is 2.04 bits per heavy atom. The third-order valence-electron chi connectivity index (χ3n) is 6.00. The average Bonchev–Trinajstić information content (AvgIpc) is 3.07. The molecule has 7 heteroatoms. The molecule has 5 rings (SSSR count). The quantitative estimate of drug-likeness (QED) is 0.779. The Kier molecular flexibility index (Phi) is 5.04. The van der Waals surface area contributed by atoms with Gasteiger partial charge in [0.2, 0.25) is 5.91 Å². The zero-order valence-corrected chi connectivity index (χ0v) is 16.5. The first-order valence-electron chi connectivity index (χ1n) is 9.95. The highest BCUT2D eigenvalue weighted by Gasteiger charge is 2.40. The molecule has 7 nitrogen and oxygen atoms in total. The molecule has 146 valence electrons. The summed E-state index contributed by atoms with van der Waals surface area (Å²) in [6, 6.07) is 0.289. The highest BCUT2D eigenvalue weighted by atomic mass is 16.5. The van der Waals surface area contributed by atoms with Crippen LogP contribution in [0.15, 0.2) is 16.9 Å². The predicted octanol–water partition coefficient (Wildman–Crippen LogP) is 2.31. The molecule has 1 amide bonds. The maximum Gasteiger partial charge on any atom is 0.227 e. The second-order valence-corrected chi connectivity index (χ2v) is 8.09. The van der Waals surface area contributed by atoms with Crippen molar-refractivity contribution in [1.82, 2.24) is 24.7 Å². The standard InChI is InChI=1S/C20H29N5O2/c1-14-9-21-24(10-14)8-4-7-23-11-17-5-6-18(12-23)25(20(17)26)13-19-15(2)22-27-16(19)3/h9-10,17-18H,4-8,11-13H2,1-3H3/t17-,18+/m1/s1. The predicted molar refractivity (Wildman–Crippen MR) is 101 cm³/mol. The number of aryl methyl sites for hydroxylation is 4. The zero-order chi connectivity index (χ0) is 19.0. The number of rotatable bonds is 6. The number of carbonyl (C=O) groups is 1. The first kappa shape index (κ1) is 18.2. The Labute approximate surface area is 160 Å². The van der Waals surface area contributed by atoms with E-state index in [0.29, 0.717) is 12.5 Å². The highest BCUT2D eigenvalue weighted by molar-refractivity contribution is 5.80. The lowest BCUT2D eigenvalue weighted by molar-refractivity contribution is -0.140. The Morgan fingerprint density at radius 3 is 2.74 bits per heavy atom. The number of hydrogen-bond acceptors (Lipinski definition) is 5. The Balaban J connectivity index is 1.39. The van der Waals surface area contributed by atoms with Gasteiger partial charge in [-0.1, -0.05) is 5.16 Å². The molecule has 0 N–H and O–H groups in total. The van der Waals surface area contributed by atoms with Crippen molar-refractivity contribution < 1.29 is 9.32 Å². The van der Waals surface area contributed by atoms with Crippen molar-refractivity contribution in [2.75, 3.05) is 19.6 Å². The van der Waals surface area contributed by atoms with Gasteiger partial charge in [-0.05, 0) is 45.6 Å². The van der Waals surface area contributed by atoms with Crippen LogP contribution in [0, 0.1) is 26.7 Å². The van der Waals surface area contributed by atoms with Crippen LogP contribution in [0.3, 0.4) is 0 Å². The van der Waals surface area contributed by atoms with Gasteiger partial charge in [0.15, 0.2) is 0 Å². The molecule has 3 aliphatic heterocycles. The molecular formula is C20H29N5O2. The van der Waals surface area contributed by atoms with Crippen LogP contribution < -0.4 is 0 Å². The van der Waals surface area contributed by atoms with Gasteiger partial charge in [0, 0.05) is 44.0 Å². The van der Waals surface area contributed by atoms with Crippen molar-refractivity contribution in [2.45, 2.75) is 59.2 Å². The van der Waals surface area contributed by atoms with E-state index < -0.39 is 0 Å². The van der Waals surface area contributed by atoms with Gasteiger partial charge in [0.05, 0.1) is 24.4 Å². The number of nitrogens with zero attached hydrogens (tertiary/aromatic N) is 5. The minimum atomic E-state index is 0.121. The van der Waals surface area contributed by atoms with Gasteiger partial charge in [-0.25, -0.2) is 0 Å². The lowest BCUT2D eigenvalue weighted by Crippen LogP contribution is -2.47. The van der Waals surface area contributed by atoms with Crippen LogP contribution in [0.2, 0.25) is 0 Å². The van der Waals surface area contributed by atoms with Crippen LogP contribution in [0.1, 0.15) is 41.8 Å². The minimum Gasteiger partial charge on any atom is -0.361 e. The zero-order valence-electron chi connectivity index (χ0n) is 16.5. The molecule has 27 heavy (non-hydrogen) atoms. The first-order valence-corrected chi connectivity index (χ1v) is 9.95. The summed E-state index contributed by atoms with van der Waals surface area (Å²) in [5.74, 6) is 1.25. The molecule has 2 bridgehead atoms. The van der Waals surface area contributed by atoms with Crippen molar-refractivity contribution >= 4 is 5.91 Å². The number of hydrogen-bond donors (Lipinski definition) is 0. The second-order valence-electron chi connectivity index (χ2n) is 8.09. The van der Waals surface area contributed by atoms with Crippen LogP contribution in [0.4, 0.5) is 0 Å². The van der Waals surface area contributed by atoms with E-state index in [-0.39, 0.29) is 12.0 Å². The number of aromatic nitrogens is 3. The smallest absolute Gasteiger partial charge is 0.227 e. The van der Waals surface area contributed by atoms with E-state index in [0.717, 1.165) is 62.5 Å². The summed E-state index contributed by atoms with van der Waals surface area (Å²) < 4.78 is 7.31. The monoisotopic (exact) mass is 371 g/mol. The van der Waals surface area contributed by atoms with Gasteiger partial charge in [-0.2, -0.15) is 5.10 Å². The molecule has 0 aromatic carbocycles. The number of piperidine rings is 1. The molecule has 3 saturated heterocycles. The molecular weight excluding hydrogens is 342 g/mol. The van der Waals surface area contributed by atoms with Crippen LogP contribution in [0.25, 0.3) is 0 Å². The highest BCUT2D eigenvalue weighted by Crippen LogP contribution is 2.31. The van der Waals surface area contributed by atoms with E-state index in [4.69, 9.17) is 4.52 Å². The summed E-state index contributed by atoms with van der Waals surface area (Å²) >= 11 is 0. The molecule has 0 radical (unpaired) electrons. The van der Waals surface area contributed by atoms with Crippen molar-refractivity contribution in [2.24, 2.45) is 5.92 Å². The van der Waals surface area contributed by atoms with Gasteiger partial charge >= 0.3 is 0 Å². The summed E-state index contributed by atoms with van der Waals surface area (Å²) in [5.41, 5.74) is 3.16. The number of fused-ring (bicyclic) bond motifs is 4. The molecule has 2 aromatic heterocycles. The molecule has 3 fully saturated rings. The molecule has 3 aliphatic rings. The fraction of sp³-hybridized carbons (Fsp3) is 0.650. The lowest BCUT2D eigenvalue weighted by atomic mass is 9.93. The van der Waals surface area contributed by atoms with Crippen LogP contribution in [-0.2, 0) is 17.9 Å². The van der Waals surface area contributed by atoms with Gasteiger partial charge in [-0.15, -0.1) is 0 Å². The third-order valence-corrected chi connectivity index (χ3v) is 6.00. The lowest BCUT2D eigenvalue weighted by Gasteiger charge is -2.36.